The van der Waals surface area contributed by atoms with Gasteiger partial charge in [-0.2, -0.15) is 0 Å². The molecule has 204 valence electrons. The average Bonchev–Trinajstić information content (AvgIpc) is 3.18. The molecule has 0 saturated carbocycles. The summed E-state index contributed by atoms with van der Waals surface area (Å²) in [7, 11) is 0. The number of carbonyl (C=O) groups is 3. The smallest absolute Gasteiger partial charge is 0.313 e. The van der Waals surface area contributed by atoms with Gasteiger partial charge in [-0.25, -0.2) is 0 Å². The molecule has 4 heterocycles. The third-order valence-corrected chi connectivity index (χ3v) is 8.66. The monoisotopic (exact) mass is 530 g/mol. The molecule has 0 radical (unpaired) electrons. The zero-order chi connectivity index (χ0) is 27.2. The van der Waals surface area contributed by atoms with E-state index in [9.17, 15) is 14.4 Å². The summed E-state index contributed by atoms with van der Waals surface area (Å²) in [5.41, 5.74) is -1.61. The Bertz CT molecular complexity index is 1370. The van der Waals surface area contributed by atoms with E-state index in [1.165, 1.54) is 0 Å². The van der Waals surface area contributed by atoms with Gasteiger partial charge >= 0.3 is 5.97 Å². The van der Waals surface area contributed by atoms with Crippen LogP contribution in [0, 0.1) is 11.8 Å². The second-order valence-corrected chi connectivity index (χ2v) is 11.1. The molecule has 4 aliphatic rings. The first-order chi connectivity index (χ1) is 18.9. The number of hydrogen-bond donors (Lipinski definition) is 1. The number of amides is 2. The zero-order valence-corrected chi connectivity index (χ0v) is 22.1. The Morgan fingerprint density at radius 2 is 1.72 bits per heavy atom. The van der Waals surface area contributed by atoms with Crippen molar-refractivity contribution >= 4 is 34.2 Å². The first-order valence-electron chi connectivity index (χ1n) is 13.8. The number of aliphatic hydroxyl groups is 1. The standard InChI is InChI=1S/C31H34N2O6/c1-30-14-9-19-38-29(37)25(30)24-27(35)33(16-6-2-3-7-18-34)26-28(36)32(17-8-15-31(24,26)39-30)23-13-12-21-10-4-5-11-22(21)20-23/h4-5,8-15,20,24-26,34H,2-3,6-7,16-19H2,1H3/t24-,25-,26?,30+,31-/m0/s1. The molecule has 0 aromatic heterocycles. The molecule has 0 aliphatic carbocycles. The molecule has 6 rings (SSSR count). The molecule has 0 bridgehead atoms. The van der Waals surface area contributed by atoms with Crippen LogP contribution in [0.2, 0.25) is 0 Å². The second-order valence-electron chi connectivity index (χ2n) is 11.1. The molecule has 1 spiro atoms. The van der Waals surface area contributed by atoms with Crippen molar-refractivity contribution in [3.05, 3.63) is 66.8 Å². The van der Waals surface area contributed by atoms with Crippen LogP contribution in [0.15, 0.2) is 66.8 Å². The van der Waals surface area contributed by atoms with Crippen molar-refractivity contribution in [2.45, 2.75) is 49.9 Å². The van der Waals surface area contributed by atoms with Gasteiger partial charge in [0.25, 0.3) is 5.91 Å². The lowest BCUT2D eigenvalue weighted by Crippen LogP contribution is -2.56. The summed E-state index contributed by atoms with van der Waals surface area (Å²) < 4.78 is 12.2. The predicted octanol–water partition coefficient (Wildman–Crippen LogP) is 3.38. The van der Waals surface area contributed by atoms with Gasteiger partial charge in [0.1, 0.15) is 24.2 Å². The van der Waals surface area contributed by atoms with Gasteiger partial charge in [-0.1, -0.05) is 61.4 Å². The molecular weight excluding hydrogens is 496 g/mol. The number of likely N-dealkylation sites (tertiary alicyclic amines) is 1. The maximum absolute atomic E-state index is 14.5. The summed E-state index contributed by atoms with van der Waals surface area (Å²) in [5, 5.41) is 11.2. The van der Waals surface area contributed by atoms with Crippen LogP contribution < -0.4 is 4.90 Å². The normalized spacial score (nSPS) is 31.6. The maximum Gasteiger partial charge on any atom is 0.313 e. The molecule has 8 nitrogen and oxygen atoms in total. The number of aliphatic hydroxyl groups excluding tert-OH is 1. The molecule has 2 fully saturated rings. The summed E-state index contributed by atoms with van der Waals surface area (Å²) >= 11 is 0. The topological polar surface area (TPSA) is 96.4 Å². The highest BCUT2D eigenvalue weighted by molar-refractivity contribution is 6.06. The van der Waals surface area contributed by atoms with Crippen LogP contribution >= 0.6 is 0 Å². The van der Waals surface area contributed by atoms with Crippen molar-refractivity contribution in [2.24, 2.45) is 11.8 Å². The maximum atomic E-state index is 14.5. The molecule has 1 unspecified atom stereocenters. The van der Waals surface area contributed by atoms with Gasteiger partial charge < -0.3 is 24.4 Å². The van der Waals surface area contributed by atoms with Gasteiger partial charge in [0.2, 0.25) is 5.91 Å². The van der Waals surface area contributed by atoms with Crippen molar-refractivity contribution in [2.75, 3.05) is 31.2 Å². The van der Waals surface area contributed by atoms with E-state index in [2.05, 4.69) is 0 Å². The summed E-state index contributed by atoms with van der Waals surface area (Å²) in [6, 6.07) is 13.0. The molecule has 1 N–H and O–H groups in total. The van der Waals surface area contributed by atoms with E-state index in [4.69, 9.17) is 14.6 Å². The minimum atomic E-state index is -1.29. The highest BCUT2D eigenvalue weighted by atomic mass is 16.6. The third kappa shape index (κ3) is 4.08. The lowest BCUT2D eigenvalue weighted by atomic mass is 9.75. The Balaban J connectivity index is 1.41. The van der Waals surface area contributed by atoms with Gasteiger partial charge in [-0.15, -0.1) is 0 Å². The number of anilines is 1. The number of carbonyl (C=O) groups excluding carboxylic acids is 3. The van der Waals surface area contributed by atoms with E-state index in [-0.39, 0.29) is 25.0 Å². The van der Waals surface area contributed by atoms with E-state index >= 15 is 0 Å². The Morgan fingerprint density at radius 1 is 0.923 bits per heavy atom. The van der Waals surface area contributed by atoms with E-state index in [0.29, 0.717) is 25.9 Å². The Kier molecular flexibility index (Phi) is 6.55. The first-order valence-corrected chi connectivity index (χ1v) is 13.8. The third-order valence-electron chi connectivity index (χ3n) is 8.66. The quantitative estimate of drug-likeness (QED) is 0.335. The summed E-state index contributed by atoms with van der Waals surface area (Å²) in [4.78, 5) is 45.2. The second kappa shape index (κ2) is 9.92. The van der Waals surface area contributed by atoms with E-state index in [0.717, 1.165) is 29.3 Å². The van der Waals surface area contributed by atoms with E-state index < -0.39 is 35.0 Å². The van der Waals surface area contributed by atoms with E-state index in [1.807, 2.05) is 67.6 Å². The Hall–Kier alpha value is -3.49. The molecular formula is C31H34N2O6. The van der Waals surface area contributed by atoms with Crippen LogP contribution in [0.1, 0.15) is 32.6 Å². The lowest BCUT2D eigenvalue weighted by molar-refractivity contribution is -0.156. The highest BCUT2D eigenvalue weighted by Crippen LogP contribution is 2.57. The largest absolute Gasteiger partial charge is 0.461 e. The number of ether oxygens (including phenoxy) is 2. The van der Waals surface area contributed by atoms with E-state index in [1.54, 1.807) is 15.9 Å². The van der Waals surface area contributed by atoms with Crippen molar-refractivity contribution in [3.8, 4) is 0 Å². The first kappa shape index (κ1) is 25.8. The van der Waals surface area contributed by atoms with Crippen LogP contribution in [-0.4, -0.2) is 71.3 Å². The predicted molar refractivity (Wildman–Crippen MR) is 146 cm³/mol. The molecule has 2 amide bonds. The number of fused-ring (bicyclic) bond motifs is 3. The molecule has 4 aliphatic heterocycles. The minimum Gasteiger partial charge on any atom is -0.461 e. The summed E-state index contributed by atoms with van der Waals surface area (Å²) in [5.74, 6) is -2.66. The van der Waals surface area contributed by atoms with Gasteiger partial charge in [0.15, 0.2) is 0 Å². The fraction of sp³-hybridized carbons (Fsp3) is 0.452. The minimum absolute atomic E-state index is 0.129. The molecule has 2 saturated heterocycles. The molecule has 39 heavy (non-hydrogen) atoms. The van der Waals surface area contributed by atoms with Crippen molar-refractivity contribution in [3.63, 3.8) is 0 Å². The number of cyclic esters (lactones) is 1. The van der Waals surface area contributed by atoms with Crippen molar-refractivity contribution in [1.29, 1.82) is 0 Å². The van der Waals surface area contributed by atoms with Gasteiger partial charge in [0, 0.05) is 25.4 Å². The van der Waals surface area contributed by atoms with Crippen LogP contribution in [0.25, 0.3) is 10.8 Å². The number of hydrogen-bond acceptors (Lipinski definition) is 6. The number of benzene rings is 2. The number of esters is 1. The highest BCUT2D eigenvalue weighted by Gasteiger charge is 2.74. The molecule has 5 atom stereocenters. The molecule has 8 heteroatoms. The van der Waals surface area contributed by atoms with Crippen LogP contribution in [0.3, 0.4) is 0 Å². The van der Waals surface area contributed by atoms with Gasteiger partial charge in [-0.05, 0) is 48.7 Å². The van der Waals surface area contributed by atoms with Gasteiger partial charge in [-0.3, -0.25) is 14.4 Å². The Morgan fingerprint density at radius 3 is 2.54 bits per heavy atom. The lowest BCUT2D eigenvalue weighted by Gasteiger charge is -2.37. The van der Waals surface area contributed by atoms with Crippen LogP contribution in [0.5, 0.6) is 0 Å². The number of rotatable bonds is 7. The van der Waals surface area contributed by atoms with Crippen molar-refractivity contribution < 1.29 is 29.0 Å². The summed E-state index contributed by atoms with van der Waals surface area (Å²) in [6.45, 7) is 2.76. The van der Waals surface area contributed by atoms with Crippen molar-refractivity contribution in [1.82, 2.24) is 4.90 Å². The molecule has 2 aromatic carbocycles. The van der Waals surface area contributed by atoms with Crippen LogP contribution in [-0.2, 0) is 23.9 Å². The zero-order valence-electron chi connectivity index (χ0n) is 22.1. The fourth-order valence-electron chi connectivity index (χ4n) is 6.92. The fourth-order valence-corrected chi connectivity index (χ4v) is 6.92. The van der Waals surface area contributed by atoms with Gasteiger partial charge in [0.05, 0.1) is 11.5 Å². The SMILES string of the molecule is C[C@@]12C=CCOC(=O)[C@@H]1[C@H]1C(=O)N(CCCCCCO)C3C(=O)N(c4ccc5ccccc5c4)CC=C[C@@]31O2. The number of unbranched alkanes of at least 4 members (excludes halogenated alkanes) is 3. The van der Waals surface area contributed by atoms with Crippen LogP contribution in [0.4, 0.5) is 5.69 Å². The average molecular weight is 531 g/mol. The number of nitrogens with zero attached hydrogens (tertiary/aromatic N) is 2. The Labute approximate surface area is 227 Å². The summed E-state index contributed by atoms with van der Waals surface area (Å²) in [6.07, 6.45) is 10.3. The molecule has 2 aromatic rings.